The number of alkyl halides is 1. The molecule has 1 unspecified atom stereocenters. The molecule has 28 heavy (non-hydrogen) atoms. The van der Waals surface area contributed by atoms with Gasteiger partial charge < -0.3 is 29.4 Å². The maximum Gasteiger partial charge on any atom is 0.338 e. The first kappa shape index (κ1) is 21.3. The van der Waals surface area contributed by atoms with Crippen molar-refractivity contribution in [2.24, 2.45) is 5.73 Å². The van der Waals surface area contributed by atoms with Crippen LogP contribution in [0.2, 0.25) is 0 Å². The summed E-state index contributed by atoms with van der Waals surface area (Å²) in [5, 5.41) is 9.67. The Morgan fingerprint density at radius 3 is 2.29 bits per heavy atom. The van der Waals surface area contributed by atoms with Gasteiger partial charge in [0.2, 0.25) is 11.6 Å². The highest BCUT2D eigenvalue weighted by molar-refractivity contribution is 6.19. The highest BCUT2D eigenvalue weighted by Gasteiger charge is 2.38. The minimum Gasteiger partial charge on any atom is -0.493 e. The summed E-state index contributed by atoms with van der Waals surface area (Å²) in [4.78, 5) is 12.7. The van der Waals surface area contributed by atoms with Crippen LogP contribution >= 0.6 is 11.6 Å². The van der Waals surface area contributed by atoms with E-state index in [1.54, 1.807) is 19.1 Å². The van der Waals surface area contributed by atoms with Gasteiger partial charge in [-0.15, -0.1) is 11.6 Å². The fourth-order valence-electron chi connectivity index (χ4n) is 2.95. The van der Waals surface area contributed by atoms with Crippen molar-refractivity contribution in [1.82, 2.24) is 0 Å². The molecule has 0 saturated carbocycles. The minimum absolute atomic E-state index is 0.0474. The number of nitriles is 1. The number of hydrogen-bond acceptors (Lipinski definition) is 8. The Labute approximate surface area is 168 Å². The Morgan fingerprint density at radius 1 is 1.25 bits per heavy atom. The molecule has 1 aliphatic heterocycles. The number of hydrogen-bond donors (Lipinski definition) is 1. The van der Waals surface area contributed by atoms with Crippen LogP contribution in [-0.2, 0) is 14.3 Å². The second kappa shape index (κ2) is 9.24. The van der Waals surface area contributed by atoms with Crippen LogP contribution in [0.5, 0.6) is 17.2 Å². The molecule has 1 aromatic rings. The van der Waals surface area contributed by atoms with E-state index in [9.17, 15) is 10.1 Å². The predicted molar refractivity (Wildman–Crippen MR) is 101 cm³/mol. The summed E-state index contributed by atoms with van der Waals surface area (Å²) in [6.07, 6.45) is 0. The highest BCUT2D eigenvalue weighted by Crippen LogP contribution is 2.46. The number of rotatable bonds is 7. The van der Waals surface area contributed by atoms with Crippen molar-refractivity contribution in [2.75, 3.05) is 33.8 Å². The van der Waals surface area contributed by atoms with E-state index < -0.39 is 11.9 Å². The number of carbonyl (C=O) groups is 1. The van der Waals surface area contributed by atoms with Gasteiger partial charge in [-0.05, 0) is 24.6 Å². The molecule has 1 atom stereocenters. The number of ether oxygens (including phenoxy) is 5. The second-order valence-electron chi connectivity index (χ2n) is 5.57. The van der Waals surface area contributed by atoms with Crippen molar-refractivity contribution in [1.29, 1.82) is 5.26 Å². The Morgan fingerprint density at radius 2 is 1.86 bits per heavy atom. The smallest absolute Gasteiger partial charge is 0.338 e. The molecular formula is C19H21ClN2O6. The number of halogens is 1. The lowest BCUT2D eigenvalue weighted by molar-refractivity contribution is -0.139. The topological polar surface area (TPSA) is 113 Å². The van der Waals surface area contributed by atoms with Crippen LogP contribution in [0.1, 0.15) is 18.4 Å². The molecule has 0 aliphatic carbocycles. The summed E-state index contributed by atoms with van der Waals surface area (Å²) in [6, 6.07) is 5.27. The van der Waals surface area contributed by atoms with E-state index in [2.05, 4.69) is 0 Å². The quantitative estimate of drug-likeness (QED) is 0.541. The lowest BCUT2D eigenvalue weighted by Crippen LogP contribution is -2.27. The molecule has 8 nitrogen and oxygen atoms in total. The zero-order valence-corrected chi connectivity index (χ0v) is 16.8. The van der Waals surface area contributed by atoms with Gasteiger partial charge in [0.05, 0.1) is 45.3 Å². The molecule has 0 fully saturated rings. The molecule has 0 saturated heterocycles. The Balaban J connectivity index is 2.79. The average Bonchev–Trinajstić information content (AvgIpc) is 2.71. The highest BCUT2D eigenvalue weighted by atomic mass is 35.5. The van der Waals surface area contributed by atoms with Crippen LogP contribution in [0.25, 0.3) is 0 Å². The number of esters is 1. The maximum atomic E-state index is 12.7. The second-order valence-corrected chi connectivity index (χ2v) is 5.84. The van der Waals surface area contributed by atoms with Gasteiger partial charge in [0.1, 0.15) is 17.4 Å². The summed E-state index contributed by atoms with van der Waals surface area (Å²) < 4.78 is 26.7. The van der Waals surface area contributed by atoms with Crippen molar-refractivity contribution in [3.05, 3.63) is 40.5 Å². The van der Waals surface area contributed by atoms with Crippen LogP contribution < -0.4 is 19.9 Å². The van der Waals surface area contributed by atoms with E-state index >= 15 is 0 Å². The van der Waals surface area contributed by atoms with Crippen LogP contribution in [0, 0.1) is 11.3 Å². The standard InChI is InChI=1S/C19H21ClN2O6/c1-5-27-19(23)16-14(8-20)28-18(22)11(9-21)15(16)10-6-12(24-2)17(26-4)13(7-10)25-3/h6-7,15H,5,8,22H2,1-4H3. The summed E-state index contributed by atoms with van der Waals surface area (Å²) in [5.41, 5.74) is 6.56. The van der Waals surface area contributed by atoms with Crippen molar-refractivity contribution in [3.63, 3.8) is 0 Å². The van der Waals surface area contributed by atoms with Crippen LogP contribution in [0.3, 0.4) is 0 Å². The van der Waals surface area contributed by atoms with Crippen molar-refractivity contribution in [3.8, 4) is 23.3 Å². The number of nitrogens with zero attached hydrogens (tertiary/aromatic N) is 1. The van der Waals surface area contributed by atoms with Gasteiger partial charge in [0.15, 0.2) is 11.5 Å². The molecule has 9 heteroatoms. The molecule has 1 aromatic carbocycles. The van der Waals surface area contributed by atoms with Gasteiger partial charge in [0, 0.05) is 0 Å². The zero-order valence-electron chi connectivity index (χ0n) is 16.0. The first-order chi connectivity index (χ1) is 13.5. The predicted octanol–water partition coefficient (Wildman–Crippen LogP) is 2.58. The van der Waals surface area contributed by atoms with Gasteiger partial charge in [0.25, 0.3) is 0 Å². The summed E-state index contributed by atoms with van der Waals surface area (Å²) in [6.45, 7) is 1.81. The van der Waals surface area contributed by atoms with Gasteiger partial charge >= 0.3 is 5.97 Å². The molecule has 0 radical (unpaired) electrons. The number of nitrogens with two attached hydrogens (primary N) is 1. The zero-order chi connectivity index (χ0) is 20.8. The first-order valence-corrected chi connectivity index (χ1v) is 8.84. The largest absolute Gasteiger partial charge is 0.493 e. The SMILES string of the molecule is CCOC(=O)C1=C(CCl)OC(N)=C(C#N)C1c1cc(OC)c(OC)c(OC)c1. The van der Waals surface area contributed by atoms with E-state index in [-0.39, 0.29) is 35.3 Å². The molecule has 1 heterocycles. The number of benzene rings is 1. The number of allylic oxidation sites excluding steroid dienone is 2. The molecule has 2 rings (SSSR count). The van der Waals surface area contributed by atoms with E-state index in [1.807, 2.05) is 6.07 Å². The molecule has 0 amide bonds. The molecule has 1 aliphatic rings. The summed E-state index contributed by atoms with van der Waals surface area (Å²) in [7, 11) is 4.40. The molecule has 0 spiro atoms. The van der Waals surface area contributed by atoms with E-state index in [1.165, 1.54) is 21.3 Å². The molecular weight excluding hydrogens is 388 g/mol. The normalized spacial score (nSPS) is 16.2. The van der Waals surface area contributed by atoms with Gasteiger partial charge in [-0.3, -0.25) is 0 Å². The first-order valence-electron chi connectivity index (χ1n) is 8.30. The lowest BCUT2D eigenvalue weighted by atomic mass is 9.82. The van der Waals surface area contributed by atoms with Crippen LogP contribution in [-0.4, -0.2) is 39.8 Å². The third-order valence-electron chi connectivity index (χ3n) is 4.13. The fraction of sp³-hybridized carbons (Fsp3) is 0.368. The molecule has 150 valence electrons. The summed E-state index contributed by atoms with van der Waals surface area (Å²) in [5.74, 6) is -0.591. The van der Waals surface area contributed by atoms with Gasteiger partial charge in [-0.2, -0.15) is 5.26 Å². The molecule has 0 bridgehead atoms. The van der Waals surface area contributed by atoms with Gasteiger partial charge in [-0.1, -0.05) is 0 Å². The lowest BCUT2D eigenvalue weighted by Gasteiger charge is -2.28. The monoisotopic (exact) mass is 408 g/mol. The van der Waals surface area contributed by atoms with E-state index in [0.717, 1.165) is 0 Å². The Kier molecular flexibility index (Phi) is 7.01. The fourth-order valence-corrected chi connectivity index (χ4v) is 3.15. The van der Waals surface area contributed by atoms with E-state index in [0.29, 0.717) is 22.8 Å². The van der Waals surface area contributed by atoms with Crippen molar-refractivity contribution < 1.29 is 28.5 Å². The third-order valence-corrected chi connectivity index (χ3v) is 4.38. The molecule has 2 N–H and O–H groups in total. The minimum atomic E-state index is -0.875. The number of methoxy groups -OCH3 is 3. The third kappa shape index (κ3) is 3.80. The average molecular weight is 409 g/mol. The van der Waals surface area contributed by atoms with Crippen molar-refractivity contribution >= 4 is 17.6 Å². The molecule has 0 aromatic heterocycles. The Hall–Kier alpha value is -3.05. The van der Waals surface area contributed by atoms with Crippen LogP contribution in [0.4, 0.5) is 0 Å². The number of carbonyl (C=O) groups excluding carboxylic acids is 1. The van der Waals surface area contributed by atoms with Gasteiger partial charge in [-0.25, -0.2) is 4.79 Å². The Bertz CT molecular complexity index is 847. The van der Waals surface area contributed by atoms with Crippen LogP contribution in [0.15, 0.2) is 34.9 Å². The summed E-state index contributed by atoms with van der Waals surface area (Å²) >= 11 is 5.97. The maximum absolute atomic E-state index is 12.7. The van der Waals surface area contributed by atoms with Crippen molar-refractivity contribution in [2.45, 2.75) is 12.8 Å². The van der Waals surface area contributed by atoms with E-state index in [4.69, 9.17) is 41.0 Å².